The van der Waals surface area contributed by atoms with E-state index in [1.165, 1.54) is 10.8 Å². The number of hydrogen-bond donors (Lipinski definition) is 5. The Bertz CT molecular complexity index is 1260. The molecule has 1 aromatic heterocycles. The van der Waals surface area contributed by atoms with Gasteiger partial charge in [0.05, 0.1) is 32.3 Å². The molecule has 0 bridgehead atoms. The molecule has 0 aliphatic carbocycles. The Morgan fingerprint density at radius 2 is 1.21 bits per heavy atom. The number of aryl methyl sites for hydroxylation is 1. The Balaban J connectivity index is 0.00000768. The molecule has 3 atom stereocenters. The third kappa shape index (κ3) is 13.2. The monoisotopic (exact) mass is 767 g/mol. The first-order valence-corrected chi connectivity index (χ1v) is 15.7. The van der Waals surface area contributed by atoms with E-state index in [1.807, 2.05) is 0 Å². The minimum absolute atomic E-state index is 0. The van der Waals surface area contributed by atoms with Crippen LogP contribution in [0.15, 0.2) is 15.8 Å². The number of rotatable bonds is 14. The molecule has 3 rings (SSSR count). The van der Waals surface area contributed by atoms with Crippen LogP contribution in [0.3, 0.4) is 0 Å². The summed E-state index contributed by atoms with van der Waals surface area (Å²) in [5.41, 5.74) is -0.596. The largest absolute Gasteiger partial charge is 0.480 e. The van der Waals surface area contributed by atoms with E-state index in [0.29, 0.717) is 77.3 Å². The van der Waals surface area contributed by atoms with Crippen LogP contribution in [0.1, 0.15) is 37.5 Å². The SMILES string of the molecule is Cc1cn([C@H]2C[C@H](O)[C@@H](CO)O2)c(=O)n(CCCCCN2CCN(CC(=O)O)CCN(CC(=O)O)CCN(CC(=O)O)CC2)c1=O.[111In]. The zero-order valence-electron chi connectivity index (χ0n) is 27.0. The van der Waals surface area contributed by atoms with Crippen LogP contribution in [-0.2, 0) is 25.7 Å². The van der Waals surface area contributed by atoms with Crippen molar-refractivity contribution in [3.63, 3.8) is 0 Å². The van der Waals surface area contributed by atoms with Gasteiger partial charge in [-0.05, 0) is 26.3 Å². The molecule has 2 aliphatic rings. The smallest absolute Gasteiger partial charge is 0.333 e. The van der Waals surface area contributed by atoms with Crippen molar-refractivity contribution in [3.05, 3.63) is 32.6 Å². The number of aliphatic hydroxyl groups is 2. The van der Waals surface area contributed by atoms with Crippen LogP contribution in [0, 0.1) is 6.92 Å². The van der Waals surface area contributed by atoms with Gasteiger partial charge in [-0.1, -0.05) is 6.42 Å². The molecular weight excluding hydrogens is 719 g/mol. The van der Waals surface area contributed by atoms with Crippen molar-refractivity contribution in [2.75, 3.05) is 85.1 Å². The number of carboxylic acids is 3. The number of carboxylic acid groups (broad SMARTS) is 3. The number of carbonyl (C=O) groups is 3. The second-order valence-electron chi connectivity index (χ2n) is 12.0. The maximum absolute atomic E-state index is 13.2. The Hall–Kier alpha value is -2.32. The van der Waals surface area contributed by atoms with Crippen LogP contribution in [0.5, 0.6) is 0 Å². The van der Waals surface area contributed by atoms with E-state index < -0.39 is 47.6 Å². The van der Waals surface area contributed by atoms with Crippen molar-refractivity contribution in [3.8, 4) is 0 Å². The summed E-state index contributed by atoms with van der Waals surface area (Å²) < 4.78 is 8.07. The summed E-state index contributed by atoms with van der Waals surface area (Å²) in [7, 11) is 0. The Morgan fingerprint density at radius 1 is 0.766 bits per heavy atom. The van der Waals surface area contributed by atoms with Gasteiger partial charge in [-0.3, -0.25) is 43.0 Å². The fraction of sp³-hybridized carbons (Fsp3) is 0.759. The molecule has 3 radical (unpaired) electrons. The molecule has 2 aliphatic heterocycles. The van der Waals surface area contributed by atoms with E-state index in [9.17, 15) is 49.5 Å². The van der Waals surface area contributed by atoms with E-state index >= 15 is 0 Å². The number of aromatic nitrogens is 2. The third-order valence-corrected chi connectivity index (χ3v) is 8.42. The van der Waals surface area contributed by atoms with Crippen LogP contribution in [0.2, 0.25) is 0 Å². The van der Waals surface area contributed by atoms with Gasteiger partial charge < -0.3 is 35.2 Å². The number of aliphatic hydroxyl groups excluding tert-OH is 2. The Kier molecular flexibility index (Phi) is 17.6. The molecule has 2 saturated heterocycles. The van der Waals surface area contributed by atoms with Gasteiger partial charge in [0.25, 0.3) is 5.56 Å². The first-order chi connectivity index (χ1) is 21.9. The number of nitrogens with zero attached hydrogens (tertiary/aromatic N) is 6. The van der Waals surface area contributed by atoms with Crippen LogP contribution in [0.25, 0.3) is 0 Å². The fourth-order valence-corrected chi connectivity index (χ4v) is 5.84. The van der Waals surface area contributed by atoms with Gasteiger partial charge in [0.15, 0.2) is 0 Å². The molecule has 2 fully saturated rings. The molecule has 1 aromatic rings. The predicted octanol–water partition coefficient (Wildman–Crippen LogP) is -2.78. The van der Waals surface area contributed by atoms with Crippen molar-refractivity contribution in [2.24, 2.45) is 0 Å². The van der Waals surface area contributed by atoms with Crippen molar-refractivity contribution in [1.29, 1.82) is 0 Å². The van der Waals surface area contributed by atoms with E-state index in [2.05, 4.69) is 4.90 Å². The topological polar surface area (TPSA) is 219 Å². The summed E-state index contributed by atoms with van der Waals surface area (Å²) in [5, 5.41) is 47.6. The molecule has 263 valence electrons. The molecule has 0 spiro atoms. The number of hydrogen-bond acceptors (Lipinski definition) is 12. The Morgan fingerprint density at radius 3 is 1.64 bits per heavy atom. The normalized spacial score (nSPS) is 22.7. The molecular formula is C29H48InN6O11. The van der Waals surface area contributed by atoms with E-state index in [0.717, 1.165) is 11.0 Å². The summed E-state index contributed by atoms with van der Waals surface area (Å²) in [6, 6.07) is 0. The standard InChI is InChI=1S/C29H48N6O11.In/c1-21-16-35(24-15-22(37)23(20-36)46-24)29(45)34(28(21)44)6-4-2-3-5-30-7-9-31(17-25(38)39)11-13-33(19-27(42)43)14-12-32(10-8-30)18-26(40)41;/h16,22-24,36-37H,2-15,17-20H2,1H3,(H,38,39)(H,40,41)(H,42,43);/t22-,23+,24+;/m0./s1/i;1-4. The molecule has 0 saturated carbocycles. The summed E-state index contributed by atoms with van der Waals surface area (Å²) in [5.74, 6) is -2.97. The average Bonchev–Trinajstić information content (AvgIpc) is 3.36. The molecule has 17 nitrogen and oxygen atoms in total. The van der Waals surface area contributed by atoms with Crippen LogP contribution in [-0.4, -0.2) is 195 Å². The maximum atomic E-state index is 13.2. The number of unbranched alkanes of at least 4 members (excludes halogenated alkanes) is 2. The van der Waals surface area contributed by atoms with Gasteiger partial charge in [0.2, 0.25) is 0 Å². The molecule has 0 unspecified atom stereocenters. The van der Waals surface area contributed by atoms with Gasteiger partial charge in [-0.25, -0.2) is 4.79 Å². The predicted molar refractivity (Wildman–Crippen MR) is 170 cm³/mol. The molecule has 0 aromatic carbocycles. The van der Waals surface area contributed by atoms with Crippen molar-refractivity contribution in [1.82, 2.24) is 28.7 Å². The summed E-state index contributed by atoms with van der Waals surface area (Å²) in [6.07, 6.45) is 0.955. The van der Waals surface area contributed by atoms with E-state index in [4.69, 9.17) is 4.74 Å². The maximum Gasteiger partial charge on any atom is 0.333 e. The van der Waals surface area contributed by atoms with E-state index in [-0.39, 0.29) is 65.1 Å². The van der Waals surface area contributed by atoms with Gasteiger partial charge in [0.1, 0.15) is 12.3 Å². The van der Waals surface area contributed by atoms with Crippen LogP contribution >= 0.6 is 0 Å². The summed E-state index contributed by atoms with van der Waals surface area (Å²) >= 11 is 0. The van der Waals surface area contributed by atoms with Crippen molar-refractivity contribution in [2.45, 2.75) is 57.6 Å². The van der Waals surface area contributed by atoms with Gasteiger partial charge in [0, 0.05) is 103 Å². The first kappa shape index (κ1) is 40.9. The molecule has 0 amide bonds. The van der Waals surface area contributed by atoms with Gasteiger partial charge >= 0.3 is 23.6 Å². The van der Waals surface area contributed by atoms with E-state index in [1.54, 1.807) is 21.6 Å². The second-order valence-corrected chi connectivity index (χ2v) is 12.0. The molecule has 3 heterocycles. The fourth-order valence-electron chi connectivity index (χ4n) is 5.84. The van der Waals surface area contributed by atoms with Gasteiger partial charge in [-0.15, -0.1) is 0 Å². The average molecular weight is 768 g/mol. The van der Waals surface area contributed by atoms with Gasteiger partial charge in [-0.2, -0.15) is 0 Å². The second kappa shape index (κ2) is 20.3. The summed E-state index contributed by atoms with van der Waals surface area (Å²) in [4.78, 5) is 67.7. The van der Waals surface area contributed by atoms with Crippen molar-refractivity contribution < 1.29 is 44.7 Å². The third-order valence-electron chi connectivity index (χ3n) is 8.42. The quantitative estimate of drug-likeness (QED) is 0.121. The van der Waals surface area contributed by atoms with Crippen LogP contribution in [0.4, 0.5) is 0 Å². The number of ether oxygens (including phenoxy) is 1. The van der Waals surface area contributed by atoms with Crippen molar-refractivity contribution >= 4 is 43.8 Å². The number of aliphatic carboxylic acids is 3. The Labute approximate surface area is 291 Å². The molecule has 47 heavy (non-hydrogen) atoms. The zero-order chi connectivity index (χ0) is 33.8. The minimum atomic E-state index is -1.01. The minimum Gasteiger partial charge on any atom is -0.480 e. The summed E-state index contributed by atoms with van der Waals surface area (Å²) in [6.45, 7) is 4.70. The molecule has 5 N–H and O–H groups in total. The first-order valence-electron chi connectivity index (χ1n) is 15.7. The zero-order valence-corrected chi connectivity index (χ0v) is 30.3. The molecule has 18 heteroatoms. The van der Waals surface area contributed by atoms with Crippen LogP contribution < -0.4 is 11.2 Å².